The van der Waals surface area contributed by atoms with Gasteiger partial charge < -0.3 is 9.88 Å². The summed E-state index contributed by atoms with van der Waals surface area (Å²) in [6.45, 7) is 7.20. The van der Waals surface area contributed by atoms with Crippen LogP contribution in [0, 0.1) is 0 Å². The highest BCUT2D eigenvalue weighted by molar-refractivity contribution is 6.07. The molecule has 1 aliphatic rings. The van der Waals surface area contributed by atoms with Gasteiger partial charge in [0, 0.05) is 54.5 Å². The number of aromatic nitrogens is 1. The summed E-state index contributed by atoms with van der Waals surface area (Å²) in [6, 6.07) is 26.4. The third kappa shape index (κ3) is 5.23. The van der Waals surface area contributed by atoms with E-state index in [1.165, 1.54) is 97.8 Å². The molecule has 3 heteroatoms. The zero-order valence-electron chi connectivity index (χ0n) is 19.1. The molecule has 0 amide bonds. The highest BCUT2D eigenvalue weighted by atomic mass is 15.3. The molecule has 0 aliphatic carbocycles. The maximum atomic E-state index is 3.57. The minimum atomic E-state index is 1.10. The lowest BCUT2D eigenvalue weighted by atomic mass is 10.0. The van der Waals surface area contributed by atoms with Crippen molar-refractivity contribution in [1.82, 2.24) is 14.8 Å². The van der Waals surface area contributed by atoms with E-state index in [1.807, 2.05) is 0 Å². The molecule has 166 valence electrons. The number of H-pyrrole nitrogens is 1. The Labute approximate surface area is 192 Å². The van der Waals surface area contributed by atoms with Gasteiger partial charge in [-0.05, 0) is 49.1 Å². The van der Waals surface area contributed by atoms with Gasteiger partial charge in [-0.25, -0.2) is 0 Å². The Kier molecular flexibility index (Phi) is 6.86. The third-order valence-corrected chi connectivity index (χ3v) is 6.97. The fraction of sp³-hybridized carbons (Fsp3) is 0.379. The Hall–Kier alpha value is -2.62. The van der Waals surface area contributed by atoms with Crippen molar-refractivity contribution in [2.24, 2.45) is 0 Å². The summed E-state index contributed by atoms with van der Waals surface area (Å²) < 4.78 is 0. The highest BCUT2D eigenvalue weighted by Gasteiger charge is 2.16. The Bertz CT molecular complexity index is 1120. The van der Waals surface area contributed by atoms with Crippen molar-refractivity contribution in [3.05, 3.63) is 83.9 Å². The Morgan fingerprint density at radius 2 is 1.31 bits per heavy atom. The molecule has 0 atom stereocenters. The van der Waals surface area contributed by atoms with Crippen LogP contribution in [0.3, 0.4) is 0 Å². The van der Waals surface area contributed by atoms with Gasteiger partial charge in [0.05, 0.1) is 0 Å². The van der Waals surface area contributed by atoms with Crippen LogP contribution in [0.1, 0.15) is 36.8 Å². The number of hydrogen-bond donors (Lipinski definition) is 1. The van der Waals surface area contributed by atoms with Gasteiger partial charge in [0.1, 0.15) is 0 Å². The number of hydrogen-bond acceptors (Lipinski definition) is 2. The number of benzene rings is 3. The van der Waals surface area contributed by atoms with E-state index in [4.69, 9.17) is 0 Å². The summed E-state index contributed by atoms with van der Waals surface area (Å²) in [5, 5.41) is 2.67. The number of unbranched alkanes of at least 4 members (excludes halogenated alkanes) is 3. The Balaban J connectivity index is 0.987. The van der Waals surface area contributed by atoms with E-state index in [0.717, 1.165) is 6.54 Å². The first-order valence-corrected chi connectivity index (χ1v) is 12.3. The van der Waals surface area contributed by atoms with Crippen molar-refractivity contribution in [3.63, 3.8) is 0 Å². The smallest absolute Gasteiger partial charge is 0.0467 e. The number of nitrogens with one attached hydrogen (secondary N) is 1. The number of aryl methyl sites for hydroxylation is 1. The lowest BCUT2D eigenvalue weighted by molar-refractivity contribution is 0.125. The highest BCUT2D eigenvalue weighted by Crippen LogP contribution is 2.26. The maximum Gasteiger partial charge on any atom is 0.0467 e. The predicted molar refractivity (Wildman–Crippen MR) is 136 cm³/mol. The molecule has 1 N–H and O–H groups in total. The van der Waals surface area contributed by atoms with Crippen LogP contribution in [-0.4, -0.2) is 47.5 Å². The van der Waals surface area contributed by atoms with Crippen molar-refractivity contribution in [2.75, 3.05) is 32.7 Å². The van der Waals surface area contributed by atoms with Crippen LogP contribution >= 0.6 is 0 Å². The first kappa shape index (κ1) is 21.2. The molecule has 32 heavy (non-hydrogen) atoms. The van der Waals surface area contributed by atoms with Gasteiger partial charge in [-0.3, -0.25) is 4.90 Å². The number of fused-ring (bicyclic) bond motifs is 3. The van der Waals surface area contributed by atoms with Gasteiger partial charge in [0.25, 0.3) is 0 Å². The van der Waals surface area contributed by atoms with Crippen molar-refractivity contribution >= 4 is 21.8 Å². The lowest BCUT2D eigenvalue weighted by Crippen LogP contribution is -2.46. The van der Waals surface area contributed by atoms with Gasteiger partial charge in [-0.2, -0.15) is 0 Å². The Morgan fingerprint density at radius 3 is 2.19 bits per heavy atom. The topological polar surface area (TPSA) is 22.3 Å². The molecule has 1 fully saturated rings. The van der Waals surface area contributed by atoms with E-state index in [9.17, 15) is 0 Å². The third-order valence-electron chi connectivity index (χ3n) is 6.97. The minimum Gasteiger partial charge on any atom is -0.355 e. The van der Waals surface area contributed by atoms with Gasteiger partial charge in [-0.15, -0.1) is 0 Å². The fourth-order valence-corrected chi connectivity index (χ4v) is 5.09. The molecule has 0 radical (unpaired) electrons. The second kappa shape index (κ2) is 10.3. The number of rotatable bonds is 9. The maximum absolute atomic E-state index is 3.57. The van der Waals surface area contributed by atoms with E-state index < -0.39 is 0 Å². The van der Waals surface area contributed by atoms with Crippen LogP contribution in [0.4, 0.5) is 0 Å². The summed E-state index contributed by atoms with van der Waals surface area (Å²) >= 11 is 0. The van der Waals surface area contributed by atoms with Gasteiger partial charge in [0.2, 0.25) is 0 Å². The molecular formula is C29H35N3. The largest absolute Gasteiger partial charge is 0.355 e. The van der Waals surface area contributed by atoms with Gasteiger partial charge in [0.15, 0.2) is 0 Å². The standard InChI is InChI=1S/C29H35N3/c1(2-9-17-31-18-20-32(21-19-31)23-25-11-5-3-6-12-25)4-10-24-15-16-27-26-13-7-8-14-28(26)30-29(27)22-24/h3,5-8,11-16,22,30H,1-2,4,9-10,17-21,23H2. The molecule has 3 aromatic carbocycles. The molecule has 2 heterocycles. The van der Waals surface area contributed by atoms with Crippen LogP contribution in [0.5, 0.6) is 0 Å². The average Bonchev–Trinajstić information content (AvgIpc) is 3.21. The van der Waals surface area contributed by atoms with E-state index in [0.29, 0.717) is 0 Å². The lowest BCUT2D eigenvalue weighted by Gasteiger charge is -2.34. The summed E-state index contributed by atoms with van der Waals surface area (Å²) in [6.07, 6.45) is 6.48. The number of piperazine rings is 1. The summed E-state index contributed by atoms with van der Waals surface area (Å²) in [5.74, 6) is 0. The van der Waals surface area contributed by atoms with Crippen molar-refractivity contribution in [2.45, 2.75) is 38.6 Å². The van der Waals surface area contributed by atoms with E-state index in [2.05, 4.69) is 87.6 Å². The van der Waals surface area contributed by atoms with Crippen LogP contribution in [0.15, 0.2) is 72.8 Å². The second-order valence-electron chi connectivity index (χ2n) is 9.32. The molecule has 0 unspecified atom stereocenters. The van der Waals surface area contributed by atoms with Crippen LogP contribution < -0.4 is 0 Å². The van der Waals surface area contributed by atoms with E-state index >= 15 is 0 Å². The van der Waals surface area contributed by atoms with Gasteiger partial charge in [-0.1, -0.05) is 73.5 Å². The van der Waals surface area contributed by atoms with E-state index in [1.54, 1.807) is 0 Å². The number of para-hydroxylation sites is 1. The summed E-state index contributed by atoms with van der Waals surface area (Å²) in [7, 11) is 0. The summed E-state index contributed by atoms with van der Waals surface area (Å²) in [5.41, 5.74) is 5.40. The van der Waals surface area contributed by atoms with Crippen LogP contribution in [0.25, 0.3) is 21.8 Å². The first-order chi connectivity index (χ1) is 15.8. The Morgan fingerprint density at radius 1 is 0.594 bits per heavy atom. The van der Waals surface area contributed by atoms with Crippen LogP contribution in [-0.2, 0) is 13.0 Å². The average molecular weight is 426 g/mol. The molecule has 5 rings (SSSR count). The van der Waals surface area contributed by atoms with Gasteiger partial charge >= 0.3 is 0 Å². The minimum absolute atomic E-state index is 1.10. The van der Waals surface area contributed by atoms with Crippen LogP contribution in [0.2, 0.25) is 0 Å². The molecule has 4 aromatic rings. The van der Waals surface area contributed by atoms with E-state index in [-0.39, 0.29) is 0 Å². The quantitative estimate of drug-likeness (QED) is 0.321. The first-order valence-electron chi connectivity index (χ1n) is 12.3. The van der Waals surface area contributed by atoms with Crippen molar-refractivity contribution in [1.29, 1.82) is 0 Å². The molecule has 1 aromatic heterocycles. The van der Waals surface area contributed by atoms with Crippen molar-refractivity contribution in [3.8, 4) is 0 Å². The monoisotopic (exact) mass is 425 g/mol. The second-order valence-corrected chi connectivity index (χ2v) is 9.32. The predicted octanol–water partition coefficient (Wildman–Crippen LogP) is 6.24. The zero-order valence-corrected chi connectivity index (χ0v) is 19.1. The fourth-order valence-electron chi connectivity index (χ4n) is 5.09. The zero-order chi connectivity index (χ0) is 21.6. The molecule has 0 spiro atoms. The number of aromatic amines is 1. The molecular weight excluding hydrogens is 390 g/mol. The molecule has 0 saturated carbocycles. The molecule has 1 aliphatic heterocycles. The number of nitrogens with zero attached hydrogens (tertiary/aromatic N) is 2. The molecule has 3 nitrogen and oxygen atoms in total. The molecule has 0 bridgehead atoms. The normalized spacial score (nSPS) is 15.6. The molecule has 1 saturated heterocycles. The van der Waals surface area contributed by atoms with Crippen molar-refractivity contribution < 1.29 is 0 Å². The SMILES string of the molecule is c1ccc(CN2CCN(CCCCCCc3ccc4c(c3)[nH]c3ccccc34)CC2)cc1. The summed E-state index contributed by atoms with van der Waals surface area (Å²) in [4.78, 5) is 8.82.